The highest BCUT2D eigenvalue weighted by Gasteiger charge is 2.11. The van der Waals surface area contributed by atoms with Crippen LogP contribution in [0.15, 0.2) is 76.8 Å². The second-order valence-electron chi connectivity index (χ2n) is 6.29. The van der Waals surface area contributed by atoms with Gasteiger partial charge in [-0.3, -0.25) is 4.79 Å². The number of amides is 1. The Morgan fingerprint density at radius 2 is 1.83 bits per heavy atom. The third-order valence-corrected chi connectivity index (χ3v) is 5.32. The van der Waals surface area contributed by atoms with Crippen molar-refractivity contribution in [2.24, 2.45) is 0 Å². The molecule has 0 aromatic heterocycles. The molecule has 0 atom stereocenters. The number of nitrogens with zero attached hydrogens (tertiary/aromatic N) is 1. The zero-order chi connectivity index (χ0) is 20.8. The highest BCUT2D eigenvalue weighted by atomic mass is 79.9. The van der Waals surface area contributed by atoms with Gasteiger partial charge in [-0.05, 0) is 59.2 Å². The molecule has 3 aromatic rings. The first-order valence-corrected chi connectivity index (χ1v) is 9.87. The van der Waals surface area contributed by atoms with E-state index >= 15 is 0 Å². The van der Waals surface area contributed by atoms with Crippen LogP contribution in [-0.2, 0) is 11.2 Å². The van der Waals surface area contributed by atoms with E-state index < -0.39 is 5.91 Å². The molecule has 0 unspecified atom stereocenters. The van der Waals surface area contributed by atoms with Gasteiger partial charge in [-0.2, -0.15) is 5.26 Å². The molecule has 3 aromatic carbocycles. The van der Waals surface area contributed by atoms with Crippen molar-refractivity contribution in [2.75, 3.05) is 5.32 Å². The minimum atomic E-state index is -0.519. The maximum Gasteiger partial charge on any atom is 0.266 e. The number of nitriles is 1. The van der Waals surface area contributed by atoms with E-state index in [4.69, 9.17) is 11.6 Å². The maximum atomic E-state index is 12.4. The number of phenolic OH excluding ortho intramolecular Hbond substituents is 1. The monoisotopic (exact) mass is 466 g/mol. The summed E-state index contributed by atoms with van der Waals surface area (Å²) >= 11 is 9.80. The Balaban J connectivity index is 1.78. The molecule has 0 radical (unpaired) electrons. The number of anilines is 1. The Hall–Kier alpha value is -3.07. The van der Waals surface area contributed by atoms with Crippen molar-refractivity contribution in [2.45, 2.75) is 6.42 Å². The van der Waals surface area contributed by atoms with Crippen molar-refractivity contribution >= 4 is 45.2 Å². The molecule has 0 bridgehead atoms. The fourth-order valence-corrected chi connectivity index (χ4v) is 3.44. The lowest BCUT2D eigenvalue weighted by Gasteiger charge is -2.08. The van der Waals surface area contributed by atoms with Crippen LogP contribution >= 0.6 is 27.5 Å². The lowest BCUT2D eigenvalue weighted by molar-refractivity contribution is -0.112. The van der Waals surface area contributed by atoms with E-state index in [0.717, 1.165) is 21.2 Å². The minimum absolute atomic E-state index is 0.0242. The molecule has 0 fully saturated rings. The predicted octanol–water partition coefficient (Wildman–Crippen LogP) is 5.94. The second-order valence-corrected chi connectivity index (χ2v) is 7.55. The van der Waals surface area contributed by atoms with Gasteiger partial charge < -0.3 is 10.4 Å². The number of phenols is 1. The maximum absolute atomic E-state index is 12.4. The van der Waals surface area contributed by atoms with E-state index in [1.807, 2.05) is 48.5 Å². The van der Waals surface area contributed by atoms with Crippen LogP contribution in [0.25, 0.3) is 6.08 Å². The summed E-state index contributed by atoms with van der Waals surface area (Å²) in [5, 5.41) is 22.0. The zero-order valence-electron chi connectivity index (χ0n) is 15.2. The van der Waals surface area contributed by atoms with Gasteiger partial charge in [-0.1, -0.05) is 57.9 Å². The summed E-state index contributed by atoms with van der Waals surface area (Å²) in [7, 11) is 0. The summed E-state index contributed by atoms with van der Waals surface area (Å²) < 4.78 is 0.863. The molecular formula is C23H16BrClN2O2. The van der Waals surface area contributed by atoms with Gasteiger partial charge in [0.25, 0.3) is 5.91 Å². The van der Waals surface area contributed by atoms with Crippen molar-refractivity contribution in [3.05, 3.63) is 98.5 Å². The highest BCUT2D eigenvalue weighted by Crippen LogP contribution is 2.26. The van der Waals surface area contributed by atoms with E-state index in [-0.39, 0.29) is 11.3 Å². The third-order valence-electron chi connectivity index (χ3n) is 4.22. The molecule has 29 heavy (non-hydrogen) atoms. The smallest absolute Gasteiger partial charge is 0.266 e. The largest absolute Gasteiger partial charge is 0.508 e. The molecule has 0 saturated heterocycles. The van der Waals surface area contributed by atoms with Gasteiger partial charge in [-0.15, -0.1) is 0 Å². The molecule has 2 N–H and O–H groups in total. The van der Waals surface area contributed by atoms with Gasteiger partial charge in [0.1, 0.15) is 17.4 Å². The molecule has 0 aliphatic carbocycles. The fourth-order valence-electron chi connectivity index (χ4n) is 2.70. The van der Waals surface area contributed by atoms with E-state index in [2.05, 4.69) is 21.2 Å². The van der Waals surface area contributed by atoms with Gasteiger partial charge in [0, 0.05) is 21.6 Å². The van der Waals surface area contributed by atoms with Crippen LogP contribution in [0, 0.1) is 11.3 Å². The topological polar surface area (TPSA) is 73.1 Å². The van der Waals surface area contributed by atoms with Crippen LogP contribution in [0.3, 0.4) is 0 Å². The summed E-state index contributed by atoms with van der Waals surface area (Å²) in [6.45, 7) is 0. The SMILES string of the molecule is N#C/C(=C\c1ccc(Cc2ccccc2Cl)c(Br)c1)C(=O)Nc1ccc(O)cc1. The lowest BCUT2D eigenvalue weighted by Crippen LogP contribution is -2.13. The molecule has 6 heteroatoms. The molecule has 0 spiro atoms. The van der Waals surface area contributed by atoms with E-state index in [9.17, 15) is 15.2 Å². The number of rotatable bonds is 5. The van der Waals surface area contributed by atoms with E-state index in [1.54, 1.807) is 12.1 Å². The first kappa shape index (κ1) is 20.7. The first-order valence-electron chi connectivity index (χ1n) is 8.70. The van der Waals surface area contributed by atoms with Gasteiger partial charge in [0.05, 0.1) is 0 Å². The molecular weight excluding hydrogens is 452 g/mol. The van der Waals surface area contributed by atoms with Gasteiger partial charge >= 0.3 is 0 Å². The summed E-state index contributed by atoms with van der Waals surface area (Å²) in [5.74, 6) is -0.421. The molecule has 0 aliphatic heterocycles. The predicted molar refractivity (Wildman–Crippen MR) is 119 cm³/mol. The van der Waals surface area contributed by atoms with Crippen LogP contribution in [0.1, 0.15) is 16.7 Å². The number of hydrogen-bond acceptors (Lipinski definition) is 3. The van der Waals surface area contributed by atoms with Crippen molar-refractivity contribution < 1.29 is 9.90 Å². The summed E-state index contributed by atoms with van der Waals surface area (Å²) in [5.41, 5.74) is 3.25. The molecule has 144 valence electrons. The molecule has 4 nitrogen and oxygen atoms in total. The lowest BCUT2D eigenvalue weighted by atomic mass is 10.0. The van der Waals surface area contributed by atoms with E-state index in [0.29, 0.717) is 17.1 Å². The number of carbonyl (C=O) groups excluding carboxylic acids is 1. The Labute approximate surface area is 182 Å². The van der Waals surface area contributed by atoms with E-state index in [1.165, 1.54) is 18.2 Å². The fraction of sp³-hybridized carbons (Fsp3) is 0.0435. The van der Waals surface area contributed by atoms with Gasteiger partial charge in [-0.25, -0.2) is 0 Å². The average Bonchev–Trinajstić information content (AvgIpc) is 2.71. The average molecular weight is 468 g/mol. The molecule has 1 amide bonds. The Morgan fingerprint density at radius 3 is 2.48 bits per heavy atom. The molecule has 0 aliphatic rings. The quantitative estimate of drug-likeness (QED) is 0.277. The van der Waals surface area contributed by atoms with Gasteiger partial charge in [0.15, 0.2) is 0 Å². The minimum Gasteiger partial charge on any atom is -0.508 e. The number of carbonyl (C=O) groups is 1. The Kier molecular flexibility index (Phi) is 6.71. The zero-order valence-corrected chi connectivity index (χ0v) is 17.5. The highest BCUT2D eigenvalue weighted by molar-refractivity contribution is 9.10. The Bertz CT molecular complexity index is 1120. The summed E-state index contributed by atoms with van der Waals surface area (Å²) in [4.78, 5) is 12.4. The van der Waals surface area contributed by atoms with Crippen LogP contribution in [0.5, 0.6) is 5.75 Å². The van der Waals surface area contributed by atoms with Crippen molar-refractivity contribution in [3.8, 4) is 11.8 Å². The first-order chi connectivity index (χ1) is 14.0. The van der Waals surface area contributed by atoms with Crippen LogP contribution in [0.2, 0.25) is 5.02 Å². The van der Waals surface area contributed by atoms with Crippen LogP contribution < -0.4 is 5.32 Å². The van der Waals surface area contributed by atoms with Crippen molar-refractivity contribution in [1.29, 1.82) is 5.26 Å². The van der Waals surface area contributed by atoms with Crippen molar-refractivity contribution in [3.63, 3.8) is 0 Å². The standard InChI is InChI=1S/C23H16BrClN2O2/c24-21-12-15(5-6-16(21)13-17-3-1-2-4-22(17)25)11-18(14-26)23(29)27-19-7-9-20(28)10-8-19/h1-12,28H,13H2,(H,27,29)/b18-11+. The third kappa shape index (κ3) is 5.47. The summed E-state index contributed by atoms with van der Waals surface area (Å²) in [6.07, 6.45) is 2.19. The summed E-state index contributed by atoms with van der Waals surface area (Å²) in [6, 6.07) is 21.3. The van der Waals surface area contributed by atoms with Crippen LogP contribution in [-0.4, -0.2) is 11.0 Å². The second kappa shape index (κ2) is 9.42. The van der Waals surface area contributed by atoms with Crippen LogP contribution in [0.4, 0.5) is 5.69 Å². The number of aromatic hydroxyl groups is 1. The Morgan fingerprint density at radius 1 is 1.10 bits per heavy atom. The van der Waals surface area contributed by atoms with Gasteiger partial charge in [0.2, 0.25) is 0 Å². The number of halogens is 2. The molecule has 3 rings (SSSR count). The number of nitrogens with one attached hydrogen (secondary N) is 1. The normalized spacial score (nSPS) is 11.0. The molecule has 0 saturated carbocycles. The van der Waals surface area contributed by atoms with Crippen molar-refractivity contribution in [1.82, 2.24) is 0 Å². The number of hydrogen-bond donors (Lipinski definition) is 2. The number of benzene rings is 3. The molecule has 0 heterocycles.